The van der Waals surface area contributed by atoms with Gasteiger partial charge in [0, 0.05) is 13.1 Å². The zero-order valence-corrected chi connectivity index (χ0v) is 12.8. The highest BCUT2D eigenvalue weighted by Gasteiger charge is 2.28. The normalized spacial score (nSPS) is 20.9. The van der Waals surface area contributed by atoms with Crippen molar-refractivity contribution in [2.45, 2.75) is 40.0 Å². The van der Waals surface area contributed by atoms with Crippen molar-refractivity contribution in [3.63, 3.8) is 0 Å². The largest absolute Gasteiger partial charge is 0.382 e. The third kappa shape index (κ3) is 3.01. The van der Waals surface area contributed by atoms with E-state index in [-0.39, 0.29) is 0 Å². The van der Waals surface area contributed by atoms with Crippen molar-refractivity contribution in [1.82, 2.24) is 4.37 Å². The predicted octanol–water partition coefficient (Wildman–Crippen LogP) is 3.25. The quantitative estimate of drug-likeness (QED) is 0.856. The Morgan fingerprint density at radius 1 is 1.37 bits per heavy atom. The average Bonchev–Trinajstić information content (AvgIpc) is 2.57. The lowest BCUT2D eigenvalue weighted by Gasteiger charge is -2.29. The van der Waals surface area contributed by atoms with Gasteiger partial charge in [0.15, 0.2) is 5.82 Å². The van der Waals surface area contributed by atoms with Crippen LogP contribution in [0.25, 0.3) is 0 Å². The van der Waals surface area contributed by atoms with Crippen LogP contribution in [0.3, 0.4) is 0 Å². The lowest BCUT2D eigenvalue weighted by molar-refractivity contribution is 0.220. The van der Waals surface area contributed by atoms with E-state index in [9.17, 15) is 5.26 Å². The number of hydrogen-bond acceptors (Lipinski definition) is 5. The lowest BCUT2D eigenvalue weighted by atomic mass is 9.77. The molecular formula is C14H22N4S. The summed E-state index contributed by atoms with van der Waals surface area (Å²) in [5.74, 6) is 1.12. The van der Waals surface area contributed by atoms with Crippen LogP contribution in [0.2, 0.25) is 0 Å². The third-order valence-electron chi connectivity index (χ3n) is 4.05. The van der Waals surface area contributed by atoms with Crippen molar-refractivity contribution < 1.29 is 0 Å². The number of nitriles is 1. The van der Waals surface area contributed by atoms with E-state index < -0.39 is 0 Å². The smallest absolute Gasteiger partial charge is 0.157 e. The molecule has 0 spiro atoms. The molecule has 1 aliphatic rings. The topological polar surface area (TPSA) is 65.9 Å². The van der Waals surface area contributed by atoms with E-state index >= 15 is 0 Å². The monoisotopic (exact) mass is 278 g/mol. The molecule has 104 valence electrons. The minimum atomic E-state index is 0.362. The van der Waals surface area contributed by atoms with Gasteiger partial charge in [-0.25, -0.2) is 0 Å². The van der Waals surface area contributed by atoms with E-state index in [4.69, 9.17) is 5.73 Å². The van der Waals surface area contributed by atoms with Gasteiger partial charge < -0.3 is 10.6 Å². The maximum absolute atomic E-state index is 9.18. The first kappa shape index (κ1) is 14.1. The van der Waals surface area contributed by atoms with Gasteiger partial charge in [-0.2, -0.15) is 9.64 Å². The van der Waals surface area contributed by atoms with Gasteiger partial charge >= 0.3 is 0 Å². The van der Waals surface area contributed by atoms with E-state index in [1.54, 1.807) is 0 Å². The fraction of sp³-hybridized carbons (Fsp3) is 0.714. The molecule has 1 aliphatic heterocycles. The minimum absolute atomic E-state index is 0.362. The molecule has 1 atom stereocenters. The van der Waals surface area contributed by atoms with Gasteiger partial charge in [-0.15, -0.1) is 0 Å². The van der Waals surface area contributed by atoms with E-state index in [2.05, 4.69) is 36.1 Å². The molecule has 1 saturated heterocycles. The van der Waals surface area contributed by atoms with Crippen LogP contribution in [0.4, 0.5) is 10.8 Å². The summed E-state index contributed by atoms with van der Waals surface area (Å²) in [4.78, 5) is 2.29. The molecule has 0 aliphatic carbocycles. The summed E-state index contributed by atoms with van der Waals surface area (Å²) in [7, 11) is 0. The zero-order valence-electron chi connectivity index (χ0n) is 11.9. The molecule has 0 aromatic carbocycles. The summed E-state index contributed by atoms with van der Waals surface area (Å²) in [6, 6.07) is 2.18. The molecule has 0 saturated carbocycles. The zero-order chi connectivity index (χ0) is 14.0. The average molecular weight is 278 g/mol. The molecule has 0 amide bonds. The van der Waals surface area contributed by atoms with Crippen molar-refractivity contribution in [1.29, 1.82) is 5.26 Å². The van der Waals surface area contributed by atoms with E-state index in [0.29, 0.717) is 16.8 Å². The third-order valence-corrected chi connectivity index (χ3v) is 4.98. The van der Waals surface area contributed by atoms with Crippen molar-refractivity contribution in [3.8, 4) is 6.07 Å². The molecular weight excluding hydrogens is 256 g/mol. The van der Waals surface area contributed by atoms with E-state index in [0.717, 1.165) is 24.0 Å². The summed E-state index contributed by atoms with van der Waals surface area (Å²) in [5, 5.41) is 10.1. The Kier molecular flexibility index (Phi) is 4.00. The maximum Gasteiger partial charge on any atom is 0.157 e. The van der Waals surface area contributed by atoms with E-state index in [1.165, 1.54) is 30.8 Å². The fourth-order valence-electron chi connectivity index (χ4n) is 2.78. The van der Waals surface area contributed by atoms with Crippen LogP contribution < -0.4 is 10.6 Å². The first-order chi connectivity index (χ1) is 8.93. The summed E-state index contributed by atoms with van der Waals surface area (Å²) in [5.41, 5.74) is 6.66. The van der Waals surface area contributed by atoms with Gasteiger partial charge in [0.2, 0.25) is 0 Å². The summed E-state index contributed by atoms with van der Waals surface area (Å²) >= 11 is 1.35. The highest BCUT2D eigenvalue weighted by molar-refractivity contribution is 7.10. The Hall–Kier alpha value is -1.28. The predicted molar refractivity (Wildman–Crippen MR) is 80.3 cm³/mol. The summed E-state index contributed by atoms with van der Waals surface area (Å²) in [6.45, 7) is 8.96. The van der Waals surface area contributed by atoms with Crippen LogP contribution in [0.5, 0.6) is 0 Å². The molecule has 1 aromatic heterocycles. The van der Waals surface area contributed by atoms with Gasteiger partial charge in [0.1, 0.15) is 16.6 Å². The molecule has 2 rings (SSSR count). The molecule has 0 bridgehead atoms. The minimum Gasteiger partial charge on any atom is -0.382 e. The molecule has 1 aromatic rings. The second-order valence-electron chi connectivity index (χ2n) is 6.34. The maximum atomic E-state index is 9.18. The van der Waals surface area contributed by atoms with Gasteiger partial charge in [-0.1, -0.05) is 20.8 Å². The molecule has 4 nitrogen and oxygen atoms in total. The van der Waals surface area contributed by atoms with Crippen molar-refractivity contribution in [2.24, 2.45) is 11.3 Å². The number of rotatable bonds is 1. The van der Waals surface area contributed by atoms with Crippen LogP contribution in [0.1, 0.15) is 45.6 Å². The summed E-state index contributed by atoms with van der Waals surface area (Å²) in [6.07, 6.45) is 3.60. The first-order valence-corrected chi connectivity index (χ1v) is 7.61. The highest BCUT2D eigenvalue weighted by Crippen LogP contribution is 2.37. The van der Waals surface area contributed by atoms with Gasteiger partial charge in [0.25, 0.3) is 0 Å². The molecule has 0 radical (unpaired) electrons. The number of hydrogen-bond donors (Lipinski definition) is 1. The SMILES string of the molecule is CC(C)(C)C1CCCN(c2snc(N)c2C#N)CC1. The molecule has 19 heavy (non-hydrogen) atoms. The lowest BCUT2D eigenvalue weighted by Crippen LogP contribution is -2.26. The number of anilines is 2. The Morgan fingerprint density at radius 2 is 2.11 bits per heavy atom. The van der Waals surface area contributed by atoms with Crippen LogP contribution in [0.15, 0.2) is 0 Å². The fourth-order valence-corrected chi connectivity index (χ4v) is 3.60. The Bertz CT molecular complexity index is 481. The molecule has 1 fully saturated rings. The number of nitrogens with two attached hydrogens (primary N) is 1. The Morgan fingerprint density at radius 3 is 2.74 bits per heavy atom. The standard InChI is InChI=1S/C14H22N4S/c1-14(2,3)10-5-4-7-18(8-6-10)13-11(9-15)12(16)17-19-13/h10H,4-8H2,1-3H3,(H2,16,17). The number of nitrogens with zero attached hydrogens (tertiary/aromatic N) is 3. The molecule has 2 N–H and O–H groups in total. The van der Waals surface area contributed by atoms with Gasteiger partial charge in [0.05, 0.1) is 0 Å². The molecule has 2 heterocycles. The van der Waals surface area contributed by atoms with Crippen LogP contribution in [0, 0.1) is 22.7 Å². The van der Waals surface area contributed by atoms with E-state index in [1.807, 2.05) is 0 Å². The van der Waals surface area contributed by atoms with Gasteiger partial charge in [-0.05, 0) is 42.1 Å². The number of nitrogen functional groups attached to an aromatic ring is 1. The van der Waals surface area contributed by atoms with Crippen LogP contribution in [-0.2, 0) is 0 Å². The summed E-state index contributed by atoms with van der Waals surface area (Å²) < 4.78 is 4.12. The van der Waals surface area contributed by atoms with Crippen LogP contribution in [-0.4, -0.2) is 17.5 Å². The van der Waals surface area contributed by atoms with Crippen LogP contribution >= 0.6 is 11.5 Å². The van der Waals surface area contributed by atoms with Crippen molar-refractivity contribution in [3.05, 3.63) is 5.56 Å². The Balaban J connectivity index is 2.14. The Labute approximate surface area is 119 Å². The number of aromatic nitrogens is 1. The van der Waals surface area contributed by atoms with Crippen molar-refractivity contribution in [2.75, 3.05) is 23.7 Å². The van der Waals surface area contributed by atoms with Gasteiger partial charge in [-0.3, -0.25) is 0 Å². The second-order valence-corrected chi connectivity index (χ2v) is 7.09. The first-order valence-electron chi connectivity index (χ1n) is 6.83. The molecule has 5 heteroatoms. The second kappa shape index (κ2) is 5.38. The van der Waals surface area contributed by atoms with Crippen molar-refractivity contribution >= 4 is 22.4 Å². The highest BCUT2D eigenvalue weighted by atomic mass is 32.1. The molecule has 1 unspecified atom stereocenters.